The van der Waals surface area contributed by atoms with Crippen molar-refractivity contribution in [2.24, 2.45) is 0 Å². The zero-order chi connectivity index (χ0) is 61.2. The van der Waals surface area contributed by atoms with Crippen LogP contribution in [0.25, 0.3) is 120 Å². The molecule has 0 heterocycles. The Morgan fingerprint density at radius 1 is 0.295 bits per heavy atom. The van der Waals surface area contributed by atoms with Gasteiger partial charge in [0.2, 0.25) is 0 Å². The highest BCUT2D eigenvalue weighted by atomic mass is 32.2. The maximum Gasteiger partial charge on any atom is 0.534 e. The van der Waals surface area contributed by atoms with E-state index in [1.165, 1.54) is 95.0 Å². The third-order valence-corrected chi connectivity index (χ3v) is 16.7. The van der Waals surface area contributed by atoms with Crippen molar-refractivity contribution in [2.75, 3.05) is 6.26 Å². The van der Waals surface area contributed by atoms with Gasteiger partial charge in [-0.3, -0.25) is 0 Å². The Balaban J connectivity index is 0.000000143. The van der Waals surface area contributed by atoms with Crippen LogP contribution in [0.3, 0.4) is 0 Å². The molecule has 0 aliphatic rings. The zero-order valence-electron chi connectivity index (χ0n) is 47.0. The molecule has 14 heteroatoms. The van der Waals surface area contributed by atoms with Gasteiger partial charge in [-0.05, 0) is 186 Å². The lowest BCUT2D eigenvalue weighted by molar-refractivity contribution is -0.0500. The van der Waals surface area contributed by atoms with E-state index in [-0.39, 0.29) is 5.75 Å². The summed E-state index contributed by atoms with van der Waals surface area (Å²) in [5, 5.41) is 29.5. The van der Waals surface area contributed by atoms with E-state index >= 15 is 0 Å². The van der Waals surface area contributed by atoms with Gasteiger partial charge in [0, 0.05) is 0 Å². The third-order valence-electron chi connectivity index (χ3n) is 15.3. The van der Waals surface area contributed by atoms with Gasteiger partial charge in [0.05, 0.1) is 6.26 Å². The van der Waals surface area contributed by atoms with Gasteiger partial charge in [0.15, 0.2) is 0 Å². The molecule has 0 saturated carbocycles. The second-order valence-corrected chi connectivity index (χ2v) is 24.2. The van der Waals surface area contributed by atoms with Gasteiger partial charge >= 0.3 is 32.9 Å². The standard InChI is InChI=1S/C42H28.C20H13F3O6S2.C12H11BO2/c1-3-11-29(12-4-1)31-15-9-17-33(25-31)35-21-23-39-37-19-7-8-20-38(37)40-24-22-36(28-42(40)41(39)27-35)34-18-10-16-32(26-34)30-13-5-2-6-14-30;1-30(24,25)28-12-6-8-16-14-4-2-3-5-15(14)17-9-7-13(11-19(17)18(16)10-12)29-31(26,27)20(21,22)23;14-13(15)12-8-4-7-11(9-12)10-5-2-1-3-6-10/h1-28H;2-11H,1H3;1-9,14-15H. The summed E-state index contributed by atoms with van der Waals surface area (Å²) < 4.78 is 93.2. The van der Waals surface area contributed by atoms with Crippen LogP contribution in [0.15, 0.2) is 285 Å². The van der Waals surface area contributed by atoms with E-state index in [1.54, 1.807) is 24.3 Å². The Kier molecular flexibility index (Phi) is 16.1. The SMILES string of the molecule is CS(=O)(=O)Oc1ccc2c3ccccc3c3ccc(OS(=O)(=O)C(F)(F)F)cc3c2c1.OB(O)c1cccc(-c2ccccc2)c1.c1ccc(-c2cccc(-c3ccc4c5ccccc5c5ccc(-c6cccc(-c7ccccc7)c6)cc5c4c3)c2)cc1. The topological polar surface area (TPSA) is 127 Å². The normalized spacial score (nSPS) is 11.7. The highest BCUT2D eigenvalue weighted by Crippen LogP contribution is 2.42. The first-order valence-corrected chi connectivity index (χ1v) is 31.2. The highest BCUT2D eigenvalue weighted by molar-refractivity contribution is 7.88. The molecule has 0 atom stereocenters. The molecular weight excluding hydrogens is 1150 g/mol. The molecule has 0 aliphatic heterocycles. The van der Waals surface area contributed by atoms with Gasteiger partial charge < -0.3 is 18.4 Å². The first-order valence-electron chi connectivity index (χ1n) is 27.9. The van der Waals surface area contributed by atoms with Gasteiger partial charge in [-0.1, -0.05) is 224 Å². The van der Waals surface area contributed by atoms with Crippen LogP contribution >= 0.6 is 0 Å². The zero-order valence-corrected chi connectivity index (χ0v) is 48.6. The molecule has 432 valence electrons. The second kappa shape index (κ2) is 24.4. The summed E-state index contributed by atoms with van der Waals surface area (Å²) in [4.78, 5) is 0. The predicted molar refractivity (Wildman–Crippen MR) is 352 cm³/mol. The number of fused-ring (bicyclic) bond motifs is 12. The van der Waals surface area contributed by atoms with Crippen molar-refractivity contribution in [1.82, 2.24) is 0 Å². The minimum Gasteiger partial charge on any atom is -0.423 e. The first kappa shape index (κ1) is 58.3. The lowest BCUT2D eigenvalue weighted by Gasteiger charge is -2.14. The molecule has 0 saturated heterocycles. The average molecular weight is 1200 g/mol. The van der Waals surface area contributed by atoms with Gasteiger partial charge in [-0.15, -0.1) is 0 Å². The van der Waals surface area contributed by atoms with Gasteiger partial charge in [-0.2, -0.15) is 30.0 Å². The average Bonchev–Trinajstić information content (AvgIpc) is 0.812. The summed E-state index contributed by atoms with van der Waals surface area (Å²) in [6.07, 6.45) is 0.879. The minimum atomic E-state index is -5.85. The summed E-state index contributed by atoms with van der Waals surface area (Å²) in [5.74, 6) is -0.531. The van der Waals surface area contributed by atoms with Gasteiger partial charge in [0.1, 0.15) is 11.5 Å². The molecule has 2 N–H and O–H groups in total. The van der Waals surface area contributed by atoms with Crippen molar-refractivity contribution in [3.05, 3.63) is 285 Å². The quantitative estimate of drug-likeness (QED) is 0.0600. The monoisotopic (exact) mass is 1200 g/mol. The Morgan fingerprint density at radius 2 is 0.580 bits per heavy atom. The Bertz CT molecular complexity index is 5010. The molecule has 14 aromatic rings. The van der Waals surface area contributed by atoms with E-state index in [1.807, 2.05) is 60.7 Å². The minimum absolute atomic E-state index is 0.000755. The second-order valence-electron chi connectivity index (χ2n) is 21.1. The van der Waals surface area contributed by atoms with Crippen LogP contribution in [-0.2, 0) is 20.2 Å². The van der Waals surface area contributed by atoms with Crippen LogP contribution in [0, 0.1) is 0 Å². The Morgan fingerprint density at radius 3 is 0.943 bits per heavy atom. The van der Waals surface area contributed by atoms with E-state index < -0.39 is 38.6 Å². The number of benzene rings is 14. The fourth-order valence-electron chi connectivity index (χ4n) is 11.2. The first-order chi connectivity index (χ1) is 42.4. The van der Waals surface area contributed by atoms with Gasteiger partial charge in [0.25, 0.3) is 0 Å². The number of hydrogen-bond acceptors (Lipinski definition) is 8. The smallest absolute Gasteiger partial charge is 0.423 e. The van der Waals surface area contributed by atoms with E-state index in [9.17, 15) is 30.0 Å². The molecule has 0 amide bonds. The number of hydrogen-bond donors (Lipinski definition) is 2. The van der Waals surface area contributed by atoms with E-state index in [0.29, 0.717) is 27.0 Å². The van der Waals surface area contributed by atoms with Crippen molar-refractivity contribution in [1.29, 1.82) is 0 Å². The van der Waals surface area contributed by atoms with Crippen LogP contribution in [0.1, 0.15) is 0 Å². The van der Waals surface area contributed by atoms with Crippen LogP contribution < -0.4 is 13.8 Å². The molecule has 0 fully saturated rings. The molecule has 0 unspecified atom stereocenters. The molecule has 0 aliphatic carbocycles. The lowest BCUT2D eigenvalue weighted by atomic mass is 9.79. The predicted octanol–water partition coefficient (Wildman–Crippen LogP) is 17.6. The Hall–Kier alpha value is -10.1. The molecule has 14 aromatic carbocycles. The largest absolute Gasteiger partial charge is 0.534 e. The molecule has 8 nitrogen and oxygen atoms in total. The van der Waals surface area contributed by atoms with Crippen LogP contribution in [0.5, 0.6) is 11.5 Å². The molecule has 0 spiro atoms. The van der Waals surface area contributed by atoms with Crippen LogP contribution in [0.4, 0.5) is 13.2 Å². The number of rotatable bonds is 10. The fraction of sp³-hybridized carbons (Fsp3) is 0.0270. The fourth-order valence-corrected chi connectivity index (χ4v) is 12.1. The maximum absolute atomic E-state index is 12.7. The Labute approximate surface area is 507 Å². The van der Waals surface area contributed by atoms with Crippen molar-refractivity contribution in [2.45, 2.75) is 5.51 Å². The number of alkyl halides is 3. The van der Waals surface area contributed by atoms with Crippen LogP contribution in [-0.4, -0.2) is 45.8 Å². The molecular formula is C74H52BF3O8S2. The molecule has 0 aromatic heterocycles. The molecule has 0 radical (unpaired) electrons. The summed E-state index contributed by atoms with van der Waals surface area (Å²) >= 11 is 0. The molecule has 0 bridgehead atoms. The van der Waals surface area contributed by atoms with E-state index in [4.69, 9.17) is 14.2 Å². The highest BCUT2D eigenvalue weighted by Gasteiger charge is 2.48. The maximum atomic E-state index is 12.7. The third kappa shape index (κ3) is 12.5. The van der Waals surface area contributed by atoms with Crippen molar-refractivity contribution < 1.29 is 48.4 Å². The summed E-state index contributed by atoms with van der Waals surface area (Å²) in [5.41, 5.74) is 6.84. The van der Waals surface area contributed by atoms with E-state index in [0.717, 1.165) is 40.3 Å². The summed E-state index contributed by atoms with van der Waals surface area (Å²) in [6, 6.07) is 94.3. The number of halogens is 3. The molecule has 14 rings (SSSR count). The van der Waals surface area contributed by atoms with Crippen LogP contribution in [0.2, 0.25) is 0 Å². The summed E-state index contributed by atoms with van der Waals surface area (Å²) in [7, 11) is -11.1. The van der Waals surface area contributed by atoms with Crippen molar-refractivity contribution >= 4 is 97.5 Å². The van der Waals surface area contributed by atoms with Crippen molar-refractivity contribution in [3.63, 3.8) is 0 Å². The lowest BCUT2D eigenvalue weighted by Crippen LogP contribution is -2.29. The summed E-state index contributed by atoms with van der Waals surface area (Å²) in [6.45, 7) is 0. The van der Waals surface area contributed by atoms with E-state index in [2.05, 4.69) is 174 Å². The molecule has 88 heavy (non-hydrogen) atoms. The van der Waals surface area contributed by atoms with Gasteiger partial charge in [-0.25, -0.2) is 0 Å². The van der Waals surface area contributed by atoms with Crippen molar-refractivity contribution in [3.8, 4) is 67.1 Å².